The van der Waals surface area contributed by atoms with Crippen molar-refractivity contribution in [3.63, 3.8) is 0 Å². The summed E-state index contributed by atoms with van der Waals surface area (Å²) < 4.78 is 10.8. The highest BCUT2D eigenvalue weighted by Crippen LogP contribution is 2.22. The third-order valence-electron chi connectivity index (χ3n) is 6.03. The molecule has 8 nitrogen and oxygen atoms in total. The molecule has 1 unspecified atom stereocenters. The van der Waals surface area contributed by atoms with Crippen LogP contribution >= 0.6 is 0 Å². The Balaban J connectivity index is 1.10. The topological polar surface area (TPSA) is 74.7 Å². The number of pyridine rings is 1. The van der Waals surface area contributed by atoms with Crippen molar-refractivity contribution in [2.45, 2.75) is 19.4 Å². The maximum absolute atomic E-state index is 5.45. The lowest BCUT2D eigenvalue weighted by Gasteiger charge is -2.39. The molecule has 8 heteroatoms. The van der Waals surface area contributed by atoms with Crippen LogP contribution in [0.3, 0.4) is 0 Å². The number of piperazine rings is 1. The molecule has 2 saturated heterocycles. The van der Waals surface area contributed by atoms with Gasteiger partial charge in [-0.1, -0.05) is 11.2 Å². The van der Waals surface area contributed by atoms with Crippen molar-refractivity contribution < 1.29 is 8.94 Å². The second-order valence-corrected chi connectivity index (χ2v) is 8.21. The molecule has 158 valence electrons. The largest absolute Gasteiger partial charge is 0.461 e. The molecule has 5 rings (SSSR count). The summed E-state index contributed by atoms with van der Waals surface area (Å²) in [4.78, 5) is 16.4. The van der Waals surface area contributed by atoms with Crippen LogP contribution in [0.25, 0.3) is 11.6 Å². The fraction of sp³-hybridized carbons (Fsp3) is 0.500. The van der Waals surface area contributed by atoms with Gasteiger partial charge in [0.25, 0.3) is 0 Å². The maximum Gasteiger partial charge on any atom is 0.241 e. The van der Waals surface area contributed by atoms with E-state index < -0.39 is 0 Å². The van der Waals surface area contributed by atoms with Crippen LogP contribution in [-0.4, -0.2) is 70.7 Å². The maximum atomic E-state index is 5.45. The molecular formula is C22H28N6O2. The molecule has 0 amide bonds. The van der Waals surface area contributed by atoms with E-state index in [0.717, 1.165) is 51.6 Å². The van der Waals surface area contributed by atoms with Gasteiger partial charge in [0.05, 0.1) is 12.8 Å². The van der Waals surface area contributed by atoms with Crippen LogP contribution in [-0.2, 0) is 6.54 Å². The van der Waals surface area contributed by atoms with Gasteiger partial charge in [0.2, 0.25) is 11.7 Å². The molecule has 2 aliphatic heterocycles. The second kappa shape index (κ2) is 8.97. The van der Waals surface area contributed by atoms with E-state index in [1.807, 2.05) is 24.4 Å². The van der Waals surface area contributed by atoms with Crippen molar-refractivity contribution >= 4 is 5.82 Å². The van der Waals surface area contributed by atoms with E-state index >= 15 is 0 Å². The fourth-order valence-corrected chi connectivity index (χ4v) is 4.53. The number of hydrogen-bond acceptors (Lipinski definition) is 8. The fourth-order valence-electron chi connectivity index (χ4n) is 4.53. The van der Waals surface area contributed by atoms with Gasteiger partial charge in [0.15, 0.2) is 5.76 Å². The van der Waals surface area contributed by atoms with E-state index in [1.54, 1.807) is 6.26 Å². The highest BCUT2D eigenvalue weighted by molar-refractivity contribution is 5.44. The number of anilines is 1. The summed E-state index contributed by atoms with van der Waals surface area (Å²) in [6, 6.07) is 9.81. The average molecular weight is 409 g/mol. The number of piperidine rings is 1. The van der Waals surface area contributed by atoms with Crippen LogP contribution in [0.15, 0.2) is 51.7 Å². The SMILES string of the molecule is c1ccc(N2CCN(CC3CCCN(Cc4nc(-c5ccco5)no4)C3)CC2)nc1. The van der Waals surface area contributed by atoms with E-state index in [-0.39, 0.29) is 0 Å². The molecule has 5 heterocycles. The quantitative estimate of drug-likeness (QED) is 0.616. The first-order valence-corrected chi connectivity index (χ1v) is 10.8. The minimum Gasteiger partial charge on any atom is -0.461 e. The summed E-state index contributed by atoms with van der Waals surface area (Å²) in [5.41, 5.74) is 0. The minimum absolute atomic E-state index is 0.523. The monoisotopic (exact) mass is 408 g/mol. The zero-order valence-corrected chi connectivity index (χ0v) is 17.2. The van der Waals surface area contributed by atoms with Crippen LogP contribution in [0.1, 0.15) is 18.7 Å². The minimum atomic E-state index is 0.523. The molecule has 0 N–H and O–H groups in total. The zero-order chi connectivity index (χ0) is 20.2. The van der Waals surface area contributed by atoms with Crippen molar-refractivity contribution in [1.29, 1.82) is 0 Å². The van der Waals surface area contributed by atoms with Gasteiger partial charge in [-0.3, -0.25) is 9.80 Å². The van der Waals surface area contributed by atoms with Gasteiger partial charge in [0, 0.05) is 45.5 Å². The molecule has 0 aromatic carbocycles. The molecule has 3 aromatic rings. The second-order valence-electron chi connectivity index (χ2n) is 8.21. The van der Waals surface area contributed by atoms with Crippen LogP contribution in [0.4, 0.5) is 5.82 Å². The highest BCUT2D eigenvalue weighted by atomic mass is 16.5. The normalized spacial score (nSPS) is 21.2. The lowest BCUT2D eigenvalue weighted by Crippen LogP contribution is -2.49. The summed E-state index contributed by atoms with van der Waals surface area (Å²) in [5.74, 6) is 3.61. The summed E-state index contributed by atoms with van der Waals surface area (Å²) >= 11 is 0. The van der Waals surface area contributed by atoms with Gasteiger partial charge in [-0.25, -0.2) is 4.98 Å². The predicted molar refractivity (Wildman–Crippen MR) is 113 cm³/mol. The Morgan fingerprint density at radius 3 is 2.73 bits per heavy atom. The summed E-state index contributed by atoms with van der Waals surface area (Å²) in [6.45, 7) is 8.33. The van der Waals surface area contributed by atoms with Gasteiger partial charge < -0.3 is 13.8 Å². The molecular weight excluding hydrogens is 380 g/mol. The first-order chi connectivity index (χ1) is 14.8. The van der Waals surface area contributed by atoms with E-state index in [4.69, 9.17) is 8.94 Å². The molecule has 0 saturated carbocycles. The van der Waals surface area contributed by atoms with Gasteiger partial charge >= 0.3 is 0 Å². The van der Waals surface area contributed by atoms with Crippen LogP contribution in [0, 0.1) is 5.92 Å². The number of nitrogens with zero attached hydrogens (tertiary/aromatic N) is 6. The molecule has 0 spiro atoms. The summed E-state index contributed by atoms with van der Waals surface area (Å²) in [7, 11) is 0. The Morgan fingerprint density at radius 1 is 1.00 bits per heavy atom. The first kappa shape index (κ1) is 19.3. The molecule has 2 fully saturated rings. The van der Waals surface area contributed by atoms with Crippen molar-refractivity contribution in [1.82, 2.24) is 24.9 Å². The smallest absolute Gasteiger partial charge is 0.241 e. The molecule has 30 heavy (non-hydrogen) atoms. The molecule has 3 aromatic heterocycles. The van der Waals surface area contributed by atoms with Crippen molar-refractivity contribution in [2.24, 2.45) is 5.92 Å². The number of rotatable bonds is 6. The predicted octanol–water partition coefficient (Wildman–Crippen LogP) is 2.76. The molecule has 0 bridgehead atoms. The van der Waals surface area contributed by atoms with E-state index in [2.05, 4.69) is 42.0 Å². The van der Waals surface area contributed by atoms with Gasteiger partial charge in [-0.05, 0) is 49.6 Å². The Labute approximate surface area is 176 Å². The Hall–Kier alpha value is -2.71. The number of aromatic nitrogens is 3. The number of furan rings is 1. The molecule has 0 radical (unpaired) electrons. The standard InChI is InChI=1S/C22H28N6O2/c1-2-8-23-20(7-1)28-12-10-26(11-13-28)15-18-5-3-9-27(16-18)17-21-24-22(25-30-21)19-6-4-14-29-19/h1-2,4,6-8,14,18H,3,5,9-13,15-17H2. The molecule has 0 aliphatic carbocycles. The van der Waals surface area contributed by atoms with Crippen molar-refractivity contribution in [3.05, 3.63) is 48.7 Å². The van der Waals surface area contributed by atoms with Crippen molar-refractivity contribution in [2.75, 3.05) is 50.7 Å². The Bertz CT molecular complexity index is 905. The van der Waals surface area contributed by atoms with Crippen molar-refractivity contribution in [3.8, 4) is 11.6 Å². The number of hydrogen-bond donors (Lipinski definition) is 0. The number of likely N-dealkylation sites (tertiary alicyclic amines) is 1. The van der Waals surface area contributed by atoms with E-state index in [9.17, 15) is 0 Å². The lowest BCUT2D eigenvalue weighted by molar-refractivity contribution is 0.115. The Morgan fingerprint density at radius 2 is 1.93 bits per heavy atom. The highest BCUT2D eigenvalue weighted by Gasteiger charge is 2.26. The van der Waals surface area contributed by atoms with Gasteiger partial charge in [0.1, 0.15) is 5.82 Å². The van der Waals surface area contributed by atoms with E-state index in [0.29, 0.717) is 29.9 Å². The first-order valence-electron chi connectivity index (χ1n) is 10.8. The van der Waals surface area contributed by atoms with Crippen LogP contribution in [0.5, 0.6) is 0 Å². The third-order valence-corrected chi connectivity index (χ3v) is 6.03. The average Bonchev–Trinajstić information content (AvgIpc) is 3.47. The van der Waals surface area contributed by atoms with Gasteiger partial charge in [-0.15, -0.1) is 0 Å². The zero-order valence-electron chi connectivity index (χ0n) is 17.2. The molecule has 1 atom stereocenters. The van der Waals surface area contributed by atoms with Crippen LogP contribution < -0.4 is 4.90 Å². The Kier molecular flexibility index (Phi) is 5.76. The lowest BCUT2D eigenvalue weighted by atomic mass is 9.97. The summed E-state index contributed by atoms with van der Waals surface area (Å²) in [5, 5.41) is 4.04. The molecule has 2 aliphatic rings. The van der Waals surface area contributed by atoms with E-state index in [1.165, 1.54) is 12.8 Å². The summed E-state index contributed by atoms with van der Waals surface area (Å²) in [6.07, 6.45) is 6.01. The third kappa shape index (κ3) is 4.55. The van der Waals surface area contributed by atoms with Gasteiger partial charge in [-0.2, -0.15) is 4.98 Å². The van der Waals surface area contributed by atoms with Crippen LogP contribution in [0.2, 0.25) is 0 Å².